The fourth-order valence-electron chi connectivity index (χ4n) is 4.52. The highest BCUT2D eigenvalue weighted by Crippen LogP contribution is 2.29. The molecule has 0 aliphatic rings. The average Bonchev–Trinajstić information content (AvgIpc) is 3.46. The monoisotopic (exact) mass is 629 g/mol. The Morgan fingerprint density at radius 2 is 1.22 bits per heavy atom. The quantitative estimate of drug-likeness (QED) is 0.0691. The molecule has 0 aliphatic carbocycles. The molecule has 2 N–H and O–H groups in total. The maximum Gasteiger partial charge on any atom is 0.347 e. The van der Waals surface area contributed by atoms with Gasteiger partial charge in [0.1, 0.15) is 0 Å². The van der Waals surface area contributed by atoms with Crippen LogP contribution < -0.4 is 10.6 Å². The Hall–Kier alpha value is -5.72. The zero-order chi connectivity index (χ0) is 33.2. The first-order valence-electron chi connectivity index (χ1n) is 14.7. The van der Waals surface area contributed by atoms with Gasteiger partial charge in [-0.3, -0.25) is 4.40 Å². The molecule has 0 spiro atoms. The second kappa shape index (κ2) is 15.3. The molecule has 13 nitrogen and oxygen atoms in total. The van der Waals surface area contributed by atoms with Gasteiger partial charge in [0.15, 0.2) is 22.6 Å². The number of aryl methyl sites for hydroxylation is 1. The third kappa shape index (κ3) is 7.49. The van der Waals surface area contributed by atoms with Crippen molar-refractivity contribution in [3.63, 3.8) is 0 Å². The van der Waals surface area contributed by atoms with E-state index < -0.39 is 23.9 Å². The topological polar surface area (TPSA) is 159 Å². The van der Waals surface area contributed by atoms with Crippen LogP contribution in [0.1, 0.15) is 33.3 Å². The van der Waals surface area contributed by atoms with Gasteiger partial charge >= 0.3 is 23.9 Å². The van der Waals surface area contributed by atoms with E-state index in [2.05, 4.69) is 20.8 Å². The number of nitrogens with zero attached hydrogens (tertiary/aromatic N) is 3. The van der Waals surface area contributed by atoms with Crippen molar-refractivity contribution in [1.29, 1.82) is 0 Å². The number of nitrogens with one attached hydrogen (secondary N) is 2. The first-order chi connectivity index (χ1) is 22.2. The number of hydrogen-bond acceptors (Lipinski definition) is 12. The van der Waals surface area contributed by atoms with Crippen molar-refractivity contribution in [1.82, 2.24) is 14.6 Å². The molecule has 46 heavy (non-hydrogen) atoms. The smallest absolute Gasteiger partial charge is 0.347 e. The van der Waals surface area contributed by atoms with Crippen molar-refractivity contribution in [2.75, 3.05) is 37.1 Å². The number of anilines is 2. The largest absolute Gasteiger partial charge is 0.462 e. The van der Waals surface area contributed by atoms with E-state index in [-0.39, 0.29) is 37.6 Å². The summed E-state index contributed by atoms with van der Waals surface area (Å²) < 4.78 is 21.9. The van der Waals surface area contributed by atoms with Gasteiger partial charge in [0.2, 0.25) is 0 Å². The Labute approximate surface area is 265 Å². The molecule has 4 aromatic rings. The normalized spacial score (nSPS) is 10.5. The zero-order valence-electron chi connectivity index (χ0n) is 26.2. The van der Waals surface area contributed by atoms with E-state index in [0.29, 0.717) is 28.4 Å². The fourth-order valence-corrected chi connectivity index (χ4v) is 4.52. The predicted octanol–water partition coefficient (Wildman–Crippen LogP) is 4.70. The number of carbonyl (C=O) groups is 4. The summed E-state index contributed by atoms with van der Waals surface area (Å²) in [4.78, 5) is 49.4. The third-order valence-corrected chi connectivity index (χ3v) is 6.56. The average molecular weight is 630 g/mol. The number of carbonyl (C=O) groups excluding carboxylic acids is 4. The highest BCUT2D eigenvalue weighted by atomic mass is 16.6. The molecule has 0 atom stereocenters. The number of rotatable bonds is 13. The van der Waals surface area contributed by atoms with E-state index in [0.717, 1.165) is 16.5 Å². The molecule has 2 aromatic carbocycles. The van der Waals surface area contributed by atoms with Crippen LogP contribution in [0.5, 0.6) is 0 Å². The molecule has 240 valence electrons. The molecule has 0 fully saturated rings. The van der Waals surface area contributed by atoms with E-state index in [1.165, 1.54) is 12.4 Å². The van der Waals surface area contributed by atoms with Crippen molar-refractivity contribution in [3.8, 4) is 11.4 Å². The summed E-state index contributed by atoms with van der Waals surface area (Å²) in [6.45, 7) is 8.98. The maximum atomic E-state index is 12.3. The van der Waals surface area contributed by atoms with Crippen LogP contribution in [0.2, 0.25) is 0 Å². The lowest BCUT2D eigenvalue weighted by molar-refractivity contribution is -0.148. The van der Waals surface area contributed by atoms with E-state index >= 15 is 0 Å². The summed E-state index contributed by atoms with van der Waals surface area (Å²) in [6, 6.07) is 14.7. The van der Waals surface area contributed by atoms with Crippen molar-refractivity contribution in [2.24, 2.45) is 0 Å². The Balaban J connectivity index is 1.70. The second-order valence-electron chi connectivity index (χ2n) is 9.64. The van der Waals surface area contributed by atoms with Gasteiger partial charge in [-0.1, -0.05) is 12.1 Å². The first kappa shape index (κ1) is 33.2. The van der Waals surface area contributed by atoms with Gasteiger partial charge in [0, 0.05) is 34.7 Å². The van der Waals surface area contributed by atoms with Gasteiger partial charge < -0.3 is 29.6 Å². The Kier molecular flexibility index (Phi) is 11.1. The molecule has 0 bridgehead atoms. The van der Waals surface area contributed by atoms with Gasteiger partial charge in [-0.05, 0) is 76.6 Å². The minimum absolute atomic E-state index is 0.106. The summed E-state index contributed by atoms with van der Waals surface area (Å²) in [5.74, 6) is -2.61. The van der Waals surface area contributed by atoms with Crippen LogP contribution in [-0.2, 0) is 38.1 Å². The lowest BCUT2D eigenvalue weighted by Gasteiger charge is -2.12. The lowest BCUT2D eigenvalue weighted by atomic mass is 10.1. The Morgan fingerprint density at radius 1 is 0.696 bits per heavy atom. The minimum Gasteiger partial charge on any atom is -0.462 e. The zero-order valence-corrected chi connectivity index (χ0v) is 26.2. The molecular weight excluding hydrogens is 594 g/mol. The molecular formula is C33H35N5O8. The van der Waals surface area contributed by atoms with Gasteiger partial charge in [0.25, 0.3) is 0 Å². The fraction of sp³-hybridized carbons (Fsp3) is 0.273. The summed E-state index contributed by atoms with van der Waals surface area (Å²) in [6.07, 6.45) is 2.53. The van der Waals surface area contributed by atoms with E-state index in [1.54, 1.807) is 52.0 Å². The Bertz CT molecular complexity index is 1800. The molecule has 2 aromatic heterocycles. The van der Waals surface area contributed by atoms with E-state index in [1.807, 2.05) is 35.6 Å². The molecule has 0 aliphatic heterocycles. The molecule has 4 rings (SSSR count). The maximum absolute atomic E-state index is 12.3. The number of fused-ring (bicyclic) bond motifs is 3. The van der Waals surface area contributed by atoms with Crippen molar-refractivity contribution in [3.05, 3.63) is 77.6 Å². The molecule has 13 heteroatoms. The van der Waals surface area contributed by atoms with Crippen LogP contribution >= 0.6 is 0 Å². The van der Waals surface area contributed by atoms with Crippen LogP contribution in [0, 0.1) is 6.92 Å². The number of benzene rings is 2. The summed E-state index contributed by atoms with van der Waals surface area (Å²) in [5, 5.41) is 15.7. The van der Waals surface area contributed by atoms with Gasteiger partial charge in [0.05, 0.1) is 31.9 Å². The van der Waals surface area contributed by atoms with Crippen molar-refractivity contribution >= 4 is 51.8 Å². The van der Waals surface area contributed by atoms with Crippen LogP contribution in [0.15, 0.2) is 72.1 Å². The SMILES string of the molecule is CCOC(=O)C(=CNc1cccc(-c2nnc3cc(C)c4cc(NC=C(C(=O)OCC)C(=O)OCC)ccc4n23)c1)C(=O)OCC. The first-order valence-corrected chi connectivity index (χ1v) is 14.7. The number of hydrogen-bond donors (Lipinski definition) is 2. The summed E-state index contributed by atoms with van der Waals surface area (Å²) in [7, 11) is 0. The van der Waals surface area contributed by atoms with Crippen LogP contribution in [0.3, 0.4) is 0 Å². The number of ether oxygens (including phenoxy) is 4. The summed E-state index contributed by atoms with van der Waals surface area (Å²) in [5.41, 5.74) is 3.75. The van der Waals surface area contributed by atoms with Crippen molar-refractivity contribution < 1.29 is 38.1 Å². The standard InChI is InChI=1S/C33H35N5O8/c1-6-43-30(39)25(31(40)44-7-2)18-34-22-12-10-11-21(16-22)29-37-36-28-15-20(5)24-17-23(13-14-27(24)38(28)29)35-19-26(32(41)45-8-3)33(42)46-9-4/h10-19,34-35H,6-9H2,1-5H3. The Morgan fingerprint density at radius 3 is 1.74 bits per heavy atom. The predicted molar refractivity (Wildman–Crippen MR) is 171 cm³/mol. The summed E-state index contributed by atoms with van der Waals surface area (Å²) >= 11 is 0. The molecule has 0 saturated heterocycles. The highest BCUT2D eigenvalue weighted by Gasteiger charge is 2.22. The number of esters is 4. The number of aromatic nitrogens is 3. The van der Waals surface area contributed by atoms with E-state index in [4.69, 9.17) is 18.9 Å². The van der Waals surface area contributed by atoms with Crippen LogP contribution in [0.25, 0.3) is 27.9 Å². The second-order valence-corrected chi connectivity index (χ2v) is 9.64. The van der Waals surface area contributed by atoms with Gasteiger partial charge in [-0.2, -0.15) is 0 Å². The molecule has 0 radical (unpaired) electrons. The molecule has 0 saturated carbocycles. The van der Waals surface area contributed by atoms with Crippen LogP contribution in [-0.4, -0.2) is 64.9 Å². The highest BCUT2D eigenvalue weighted by molar-refractivity contribution is 6.15. The van der Waals surface area contributed by atoms with E-state index in [9.17, 15) is 19.2 Å². The number of pyridine rings is 1. The van der Waals surface area contributed by atoms with Crippen LogP contribution in [0.4, 0.5) is 11.4 Å². The molecule has 0 unspecified atom stereocenters. The van der Waals surface area contributed by atoms with Crippen molar-refractivity contribution in [2.45, 2.75) is 34.6 Å². The lowest BCUT2D eigenvalue weighted by Crippen LogP contribution is -2.19. The minimum atomic E-state index is -0.794. The third-order valence-electron chi connectivity index (χ3n) is 6.56. The van der Waals surface area contributed by atoms with Gasteiger partial charge in [-0.25, -0.2) is 19.2 Å². The molecule has 0 amide bonds. The molecule has 2 heterocycles. The van der Waals surface area contributed by atoms with Gasteiger partial charge in [-0.15, -0.1) is 10.2 Å².